The second-order valence-corrected chi connectivity index (χ2v) is 6.14. The van der Waals surface area contributed by atoms with Crippen molar-refractivity contribution in [1.29, 1.82) is 0 Å². The van der Waals surface area contributed by atoms with Crippen LogP contribution in [0.4, 0.5) is 0 Å². The Bertz CT molecular complexity index is 926. The highest BCUT2D eigenvalue weighted by molar-refractivity contribution is 5.83. The maximum absolute atomic E-state index is 12.3. The molecule has 4 nitrogen and oxygen atoms in total. The Morgan fingerprint density at radius 2 is 1.91 bits per heavy atom. The number of benzene rings is 2. The van der Waals surface area contributed by atoms with Gasteiger partial charge in [0.25, 0.3) is 5.56 Å². The van der Waals surface area contributed by atoms with Gasteiger partial charge in [-0.3, -0.25) is 9.36 Å². The van der Waals surface area contributed by atoms with Gasteiger partial charge >= 0.3 is 0 Å². The zero-order valence-corrected chi connectivity index (χ0v) is 13.7. The summed E-state index contributed by atoms with van der Waals surface area (Å²) < 4.78 is 1.57. The normalized spacial score (nSPS) is 12.5. The standard InChI is InChI=1S/C19H21N3O/c1-12(20)9-14-5-4-6-15(10-14)16-7-8-17-18(11-16)21-13(2)22(3)19(17)23/h4-8,10-12H,9,20H2,1-3H3. The van der Waals surface area contributed by atoms with Crippen LogP contribution in [0.15, 0.2) is 47.3 Å². The van der Waals surface area contributed by atoms with Crippen molar-refractivity contribution < 1.29 is 0 Å². The Balaban J connectivity index is 2.11. The molecular formula is C19H21N3O. The Labute approximate surface area is 135 Å². The van der Waals surface area contributed by atoms with E-state index in [1.165, 1.54) is 5.56 Å². The SMILES string of the molecule is Cc1nc2cc(-c3cccc(CC(C)N)c3)ccc2c(=O)n1C. The van der Waals surface area contributed by atoms with Gasteiger partial charge in [-0.2, -0.15) is 0 Å². The first-order valence-corrected chi connectivity index (χ1v) is 7.78. The van der Waals surface area contributed by atoms with Gasteiger partial charge in [-0.05, 0) is 49.1 Å². The van der Waals surface area contributed by atoms with Crippen molar-refractivity contribution >= 4 is 10.9 Å². The van der Waals surface area contributed by atoms with Crippen LogP contribution < -0.4 is 11.3 Å². The van der Waals surface area contributed by atoms with Gasteiger partial charge in [0.15, 0.2) is 0 Å². The molecule has 118 valence electrons. The molecule has 4 heteroatoms. The van der Waals surface area contributed by atoms with Crippen molar-refractivity contribution in [2.24, 2.45) is 12.8 Å². The smallest absolute Gasteiger partial charge is 0.261 e. The summed E-state index contributed by atoms with van der Waals surface area (Å²) in [5, 5.41) is 0.647. The lowest BCUT2D eigenvalue weighted by molar-refractivity contribution is 0.738. The third-order valence-corrected chi connectivity index (χ3v) is 4.12. The molecule has 0 saturated carbocycles. The first-order chi connectivity index (χ1) is 11.0. The molecule has 0 spiro atoms. The van der Waals surface area contributed by atoms with Gasteiger partial charge in [0.05, 0.1) is 10.9 Å². The average Bonchev–Trinajstić information content (AvgIpc) is 2.52. The van der Waals surface area contributed by atoms with Crippen molar-refractivity contribution in [3.8, 4) is 11.1 Å². The molecule has 23 heavy (non-hydrogen) atoms. The summed E-state index contributed by atoms with van der Waals surface area (Å²) in [6.45, 7) is 3.85. The second kappa shape index (κ2) is 5.97. The van der Waals surface area contributed by atoms with Gasteiger partial charge < -0.3 is 5.73 Å². The van der Waals surface area contributed by atoms with E-state index in [1.54, 1.807) is 11.6 Å². The molecular weight excluding hydrogens is 286 g/mol. The highest BCUT2D eigenvalue weighted by Gasteiger charge is 2.08. The lowest BCUT2D eigenvalue weighted by atomic mass is 9.99. The molecule has 0 aliphatic carbocycles. The third-order valence-electron chi connectivity index (χ3n) is 4.12. The molecule has 0 aliphatic heterocycles. The lowest BCUT2D eigenvalue weighted by Gasteiger charge is -2.09. The van der Waals surface area contributed by atoms with Crippen molar-refractivity contribution in [3.05, 3.63) is 64.2 Å². The first kappa shape index (κ1) is 15.4. The van der Waals surface area contributed by atoms with E-state index in [-0.39, 0.29) is 11.6 Å². The van der Waals surface area contributed by atoms with E-state index in [2.05, 4.69) is 23.2 Å². The van der Waals surface area contributed by atoms with E-state index >= 15 is 0 Å². The maximum atomic E-state index is 12.3. The number of hydrogen-bond donors (Lipinski definition) is 1. The monoisotopic (exact) mass is 307 g/mol. The van der Waals surface area contributed by atoms with Crippen LogP contribution in [0.2, 0.25) is 0 Å². The summed E-state index contributed by atoms with van der Waals surface area (Å²) in [7, 11) is 1.75. The number of aromatic nitrogens is 2. The molecule has 0 amide bonds. The van der Waals surface area contributed by atoms with Crippen molar-refractivity contribution in [3.63, 3.8) is 0 Å². The summed E-state index contributed by atoms with van der Waals surface area (Å²) in [6, 6.07) is 14.3. The predicted molar refractivity (Wildman–Crippen MR) is 94.5 cm³/mol. The van der Waals surface area contributed by atoms with Crippen LogP contribution in [-0.2, 0) is 13.5 Å². The summed E-state index contributed by atoms with van der Waals surface area (Å²) in [5.41, 5.74) is 10.0. The van der Waals surface area contributed by atoms with E-state index in [9.17, 15) is 4.79 Å². The van der Waals surface area contributed by atoms with Crippen molar-refractivity contribution in [2.45, 2.75) is 26.3 Å². The Morgan fingerprint density at radius 1 is 1.17 bits per heavy atom. The van der Waals surface area contributed by atoms with Gasteiger partial charge in [-0.25, -0.2) is 4.98 Å². The number of aryl methyl sites for hydroxylation is 1. The van der Waals surface area contributed by atoms with E-state index in [0.29, 0.717) is 11.2 Å². The minimum atomic E-state index is -0.00948. The van der Waals surface area contributed by atoms with Crippen LogP contribution in [-0.4, -0.2) is 15.6 Å². The van der Waals surface area contributed by atoms with Gasteiger partial charge in [0.2, 0.25) is 0 Å². The van der Waals surface area contributed by atoms with Crippen molar-refractivity contribution in [1.82, 2.24) is 9.55 Å². The quantitative estimate of drug-likeness (QED) is 0.809. The topological polar surface area (TPSA) is 60.9 Å². The number of nitrogens with two attached hydrogens (primary N) is 1. The van der Waals surface area contributed by atoms with E-state index < -0.39 is 0 Å². The summed E-state index contributed by atoms with van der Waals surface area (Å²) in [5.74, 6) is 0.713. The molecule has 1 aromatic heterocycles. The molecule has 0 aliphatic rings. The van der Waals surface area contributed by atoms with Crippen LogP contribution in [0.1, 0.15) is 18.3 Å². The van der Waals surface area contributed by atoms with Crippen LogP contribution in [0, 0.1) is 6.92 Å². The maximum Gasteiger partial charge on any atom is 0.261 e. The molecule has 2 N–H and O–H groups in total. The molecule has 0 bridgehead atoms. The van der Waals surface area contributed by atoms with E-state index in [1.807, 2.05) is 38.1 Å². The summed E-state index contributed by atoms with van der Waals surface area (Å²) in [6.07, 6.45) is 0.847. The minimum absolute atomic E-state index is 0.00948. The molecule has 2 aromatic carbocycles. The predicted octanol–water partition coefficient (Wildman–Crippen LogP) is 2.80. The molecule has 0 fully saturated rings. The van der Waals surface area contributed by atoms with Crippen LogP contribution >= 0.6 is 0 Å². The number of nitrogens with zero attached hydrogens (tertiary/aromatic N) is 2. The molecule has 3 aromatic rings. The number of rotatable bonds is 3. The van der Waals surface area contributed by atoms with Gasteiger partial charge in [-0.1, -0.05) is 30.3 Å². The largest absolute Gasteiger partial charge is 0.328 e. The Morgan fingerprint density at radius 3 is 2.65 bits per heavy atom. The average molecular weight is 307 g/mol. The third kappa shape index (κ3) is 3.03. The van der Waals surface area contributed by atoms with Gasteiger partial charge in [0.1, 0.15) is 5.82 Å². The van der Waals surface area contributed by atoms with Crippen LogP contribution in [0.25, 0.3) is 22.0 Å². The fourth-order valence-electron chi connectivity index (χ4n) is 2.81. The van der Waals surface area contributed by atoms with Crippen LogP contribution in [0.5, 0.6) is 0 Å². The Hall–Kier alpha value is -2.46. The summed E-state index contributed by atoms with van der Waals surface area (Å²) >= 11 is 0. The second-order valence-electron chi connectivity index (χ2n) is 6.14. The van der Waals surface area contributed by atoms with Gasteiger partial charge in [0, 0.05) is 13.1 Å². The molecule has 0 radical (unpaired) electrons. The zero-order chi connectivity index (χ0) is 16.6. The lowest BCUT2D eigenvalue weighted by Crippen LogP contribution is -2.20. The fraction of sp³-hybridized carbons (Fsp3) is 0.263. The van der Waals surface area contributed by atoms with Crippen molar-refractivity contribution in [2.75, 3.05) is 0 Å². The number of fused-ring (bicyclic) bond motifs is 1. The summed E-state index contributed by atoms with van der Waals surface area (Å²) in [4.78, 5) is 16.8. The zero-order valence-electron chi connectivity index (χ0n) is 13.7. The molecule has 0 saturated heterocycles. The van der Waals surface area contributed by atoms with E-state index in [4.69, 9.17) is 5.73 Å². The first-order valence-electron chi connectivity index (χ1n) is 7.78. The number of hydrogen-bond acceptors (Lipinski definition) is 3. The Kier molecular flexibility index (Phi) is 4.01. The highest BCUT2D eigenvalue weighted by atomic mass is 16.1. The molecule has 1 unspecified atom stereocenters. The van der Waals surface area contributed by atoms with Crippen LogP contribution in [0.3, 0.4) is 0 Å². The molecule has 1 heterocycles. The molecule has 1 atom stereocenters. The minimum Gasteiger partial charge on any atom is -0.328 e. The highest BCUT2D eigenvalue weighted by Crippen LogP contribution is 2.23. The fourth-order valence-corrected chi connectivity index (χ4v) is 2.81. The van der Waals surface area contributed by atoms with Gasteiger partial charge in [-0.15, -0.1) is 0 Å². The molecule has 3 rings (SSSR count). The van der Waals surface area contributed by atoms with E-state index in [0.717, 1.165) is 23.1 Å².